The standard InChI is InChI=1S/C14H14FN5O/c15-10-3-1-2-9(4-10)5-13-19-14(21-20-13)12(16)6-11-7-17-8-18-11/h1-4,7-8,12H,5-6,16H2,(H,17,18)/t12-/m0/s1. The van der Waals surface area contributed by atoms with Gasteiger partial charge in [0.15, 0.2) is 5.82 Å². The van der Waals surface area contributed by atoms with Gasteiger partial charge in [0.05, 0.1) is 12.4 Å². The van der Waals surface area contributed by atoms with Gasteiger partial charge in [0, 0.05) is 24.7 Å². The lowest BCUT2D eigenvalue weighted by atomic mass is 10.1. The van der Waals surface area contributed by atoms with E-state index in [1.807, 2.05) is 6.07 Å². The second kappa shape index (κ2) is 5.84. The van der Waals surface area contributed by atoms with Crippen LogP contribution in [0.2, 0.25) is 0 Å². The highest BCUT2D eigenvalue weighted by Crippen LogP contribution is 2.14. The van der Waals surface area contributed by atoms with Crippen molar-refractivity contribution < 1.29 is 8.91 Å². The summed E-state index contributed by atoms with van der Waals surface area (Å²) in [4.78, 5) is 11.1. The number of aromatic nitrogens is 4. The lowest BCUT2D eigenvalue weighted by molar-refractivity contribution is 0.350. The Morgan fingerprint density at radius 3 is 3.05 bits per heavy atom. The molecule has 21 heavy (non-hydrogen) atoms. The minimum Gasteiger partial charge on any atom is -0.348 e. The molecule has 3 rings (SSSR count). The molecule has 2 aromatic heterocycles. The van der Waals surface area contributed by atoms with E-state index in [1.165, 1.54) is 12.1 Å². The zero-order chi connectivity index (χ0) is 14.7. The highest BCUT2D eigenvalue weighted by atomic mass is 19.1. The van der Waals surface area contributed by atoms with Crippen molar-refractivity contribution in [2.45, 2.75) is 18.9 Å². The Hall–Kier alpha value is -2.54. The minimum atomic E-state index is -0.404. The SMILES string of the molecule is N[C@@H](Cc1cnc[nH]1)c1nc(Cc2cccc(F)c2)no1. The third-order valence-corrected chi connectivity index (χ3v) is 3.05. The number of aromatic amines is 1. The van der Waals surface area contributed by atoms with Crippen LogP contribution in [-0.2, 0) is 12.8 Å². The van der Waals surface area contributed by atoms with Gasteiger partial charge in [-0.15, -0.1) is 0 Å². The van der Waals surface area contributed by atoms with E-state index >= 15 is 0 Å². The monoisotopic (exact) mass is 287 g/mol. The summed E-state index contributed by atoms with van der Waals surface area (Å²) in [6.07, 6.45) is 4.22. The van der Waals surface area contributed by atoms with Crippen LogP contribution in [-0.4, -0.2) is 20.1 Å². The van der Waals surface area contributed by atoms with Gasteiger partial charge in [-0.05, 0) is 17.7 Å². The van der Waals surface area contributed by atoms with Gasteiger partial charge < -0.3 is 15.2 Å². The molecule has 0 spiro atoms. The molecule has 0 radical (unpaired) electrons. The number of H-pyrrole nitrogens is 1. The van der Waals surface area contributed by atoms with Crippen LogP contribution in [0.4, 0.5) is 4.39 Å². The number of hydrogen-bond acceptors (Lipinski definition) is 5. The number of nitrogens with one attached hydrogen (secondary N) is 1. The third-order valence-electron chi connectivity index (χ3n) is 3.05. The van der Waals surface area contributed by atoms with Crippen molar-refractivity contribution in [3.8, 4) is 0 Å². The number of imidazole rings is 1. The van der Waals surface area contributed by atoms with Crippen LogP contribution in [0.1, 0.15) is 29.0 Å². The molecule has 0 aliphatic heterocycles. The molecule has 2 heterocycles. The molecular weight excluding hydrogens is 273 g/mol. The zero-order valence-corrected chi connectivity index (χ0v) is 11.2. The number of nitrogens with two attached hydrogens (primary N) is 1. The number of rotatable bonds is 5. The summed E-state index contributed by atoms with van der Waals surface area (Å²) >= 11 is 0. The molecule has 1 aromatic carbocycles. The van der Waals surface area contributed by atoms with Gasteiger partial charge in [-0.3, -0.25) is 0 Å². The maximum atomic E-state index is 13.1. The van der Waals surface area contributed by atoms with Gasteiger partial charge in [0.25, 0.3) is 0 Å². The highest BCUT2D eigenvalue weighted by molar-refractivity contribution is 5.19. The van der Waals surface area contributed by atoms with Crippen molar-refractivity contribution in [3.05, 3.63) is 65.6 Å². The summed E-state index contributed by atoms with van der Waals surface area (Å²) in [6, 6.07) is 5.89. The summed E-state index contributed by atoms with van der Waals surface area (Å²) in [5, 5.41) is 3.88. The second-order valence-corrected chi connectivity index (χ2v) is 4.74. The fraction of sp³-hybridized carbons (Fsp3) is 0.214. The number of nitrogens with zero attached hydrogens (tertiary/aromatic N) is 3. The maximum absolute atomic E-state index is 13.1. The lowest BCUT2D eigenvalue weighted by Crippen LogP contribution is -2.14. The first-order valence-corrected chi connectivity index (χ1v) is 6.50. The minimum absolute atomic E-state index is 0.285. The first kappa shape index (κ1) is 13.4. The van der Waals surface area contributed by atoms with Gasteiger partial charge in [-0.25, -0.2) is 9.37 Å². The largest absolute Gasteiger partial charge is 0.348 e. The molecule has 0 aliphatic rings. The Bertz CT molecular complexity index is 710. The van der Waals surface area contributed by atoms with Crippen LogP contribution in [0.15, 0.2) is 41.3 Å². The van der Waals surface area contributed by atoms with Crippen molar-refractivity contribution in [3.63, 3.8) is 0 Å². The molecule has 108 valence electrons. The fourth-order valence-corrected chi connectivity index (χ4v) is 2.04. The molecule has 7 heteroatoms. The second-order valence-electron chi connectivity index (χ2n) is 4.74. The molecule has 0 bridgehead atoms. The molecule has 0 aliphatic carbocycles. The summed E-state index contributed by atoms with van der Waals surface area (Å²) in [5.41, 5.74) is 7.69. The van der Waals surface area contributed by atoms with Crippen molar-refractivity contribution in [1.29, 1.82) is 0 Å². The average Bonchev–Trinajstić information content (AvgIpc) is 3.10. The van der Waals surface area contributed by atoms with Crippen LogP contribution in [0, 0.1) is 5.82 Å². The van der Waals surface area contributed by atoms with Crippen molar-refractivity contribution in [2.24, 2.45) is 5.73 Å². The van der Waals surface area contributed by atoms with Crippen LogP contribution in [0.3, 0.4) is 0 Å². The Balaban J connectivity index is 1.68. The van der Waals surface area contributed by atoms with Gasteiger partial charge in [0.1, 0.15) is 5.82 Å². The topological polar surface area (TPSA) is 93.6 Å². The quantitative estimate of drug-likeness (QED) is 0.745. The molecule has 3 N–H and O–H groups in total. The molecule has 0 saturated carbocycles. The van der Waals surface area contributed by atoms with Gasteiger partial charge in [-0.1, -0.05) is 17.3 Å². The maximum Gasteiger partial charge on any atom is 0.243 e. The molecule has 1 atom stereocenters. The predicted molar refractivity (Wildman–Crippen MR) is 72.7 cm³/mol. The van der Waals surface area contributed by atoms with Crippen molar-refractivity contribution >= 4 is 0 Å². The molecule has 0 saturated heterocycles. The molecule has 3 aromatic rings. The Kier molecular flexibility index (Phi) is 3.74. The van der Waals surface area contributed by atoms with Crippen molar-refractivity contribution in [2.75, 3.05) is 0 Å². The van der Waals surface area contributed by atoms with E-state index in [1.54, 1.807) is 18.6 Å². The molecule has 0 fully saturated rings. The first-order chi connectivity index (χ1) is 10.2. The van der Waals surface area contributed by atoms with Crippen LogP contribution >= 0.6 is 0 Å². The van der Waals surface area contributed by atoms with Crippen molar-refractivity contribution in [1.82, 2.24) is 20.1 Å². The smallest absolute Gasteiger partial charge is 0.243 e. The Labute approximate surface area is 120 Å². The van der Waals surface area contributed by atoms with Crippen LogP contribution < -0.4 is 5.73 Å². The first-order valence-electron chi connectivity index (χ1n) is 6.50. The van der Waals surface area contributed by atoms with Gasteiger partial charge in [-0.2, -0.15) is 4.98 Å². The number of hydrogen-bond donors (Lipinski definition) is 2. The van der Waals surface area contributed by atoms with E-state index in [9.17, 15) is 4.39 Å². The number of halogens is 1. The summed E-state index contributed by atoms with van der Waals surface area (Å²) in [5.74, 6) is 0.554. The van der Waals surface area contributed by atoms with Gasteiger partial charge in [0.2, 0.25) is 5.89 Å². The highest BCUT2D eigenvalue weighted by Gasteiger charge is 2.16. The fourth-order valence-electron chi connectivity index (χ4n) is 2.04. The molecular formula is C14H14FN5O. The van der Waals surface area contributed by atoms with E-state index in [0.29, 0.717) is 24.6 Å². The van der Waals surface area contributed by atoms with Gasteiger partial charge >= 0.3 is 0 Å². The van der Waals surface area contributed by atoms with E-state index in [4.69, 9.17) is 10.3 Å². The lowest BCUT2D eigenvalue weighted by Gasteiger charge is -2.03. The van der Waals surface area contributed by atoms with E-state index < -0.39 is 6.04 Å². The average molecular weight is 287 g/mol. The molecule has 0 unspecified atom stereocenters. The van der Waals surface area contributed by atoms with E-state index in [2.05, 4.69) is 20.1 Å². The van der Waals surface area contributed by atoms with Crippen LogP contribution in [0.5, 0.6) is 0 Å². The van der Waals surface area contributed by atoms with Crippen LogP contribution in [0.25, 0.3) is 0 Å². The molecule has 0 amide bonds. The summed E-state index contributed by atoms with van der Waals surface area (Å²) in [7, 11) is 0. The Morgan fingerprint density at radius 2 is 2.29 bits per heavy atom. The Morgan fingerprint density at radius 1 is 1.38 bits per heavy atom. The third kappa shape index (κ3) is 3.32. The predicted octanol–water partition coefficient (Wildman–Crippen LogP) is 1.77. The normalized spacial score (nSPS) is 12.5. The number of benzene rings is 1. The van der Waals surface area contributed by atoms with E-state index in [-0.39, 0.29) is 5.82 Å². The van der Waals surface area contributed by atoms with E-state index in [0.717, 1.165) is 11.3 Å². The summed E-state index contributed by atoms with van der Waals surface area (Å²) < 4.78 is 18.3. The zero-order valence-electron chi connectivity index (χ0n) is 11.2. The summed E-state index contributed by atoms with van der Waals surface area (Å²) in [6.45, 7) is 0. The molecule has 6 nitrogen and oxygen atoms in total.